The number of ether oxygens (including phenoxy) is 1. The lowest BCUT2D eigenvalue weighted by Gasteiger charge is -2.13. The van der Waals surface area contributed by atoms with E-state index in [9.17, 15) is 9.59 Å². The summed E-state index contributed by atoms with van der Waals surface area (Å²) < 4.78 is 6.71. The topological polar surface area (TPSA) is 73.2 Å². The number of benzene rings is 1. The summed E-state index contributed by atoms with van der Waals surface area (Å²) in [6.07, 6.45) is 1.79. The lowest BCUT2D eigenvalue weighted by atomic mass is 10.2. The van der Waals surface area contributed by atoms with Gasteiger partial charge in [-0.1, -0.05) is 23.9 Å². The van der Waals surface area contributed by atoms with Crippen molar-refractivity contribution >= 4 is 17.7 Å². The maximum atomic E-state index is 12.1. The van der Waals surface area contributed by atoms with Crippen LogP contribution in [0.25, 0.3) is 0 Å². The van der Waals surface area contributed by atoms with Crippen molar-refractivity contribution in [1.29, 1.82) is 0 Å². The molecule has 0 bridgehead atoms. The Labute approximate surface area is 137 Å². The summed E-state index contributed by atoms with van der Waals surface area (Å²) in [5, 5.41) is 3.57. The minimum absolute atomic E-state index is 0.0741. The number of thioether (sulfide) groups is 1. The Morgan fingerprint density at radius 3 is 2.91 bits per heavy atom. The van der Waals surface area contributed by atoms with Crippen LogP contribution in [0.3, 0.4) is 0 Å². The number of nitrogens with one attached hydrogen (secondary N) is 1. The van der Waals surface area contributed by atoms with Gasteiger partial charge in [0.25, 0.3) is 5.56 Å². The van der Waals surface area contributed by atoms with Crippen molar-refractivity contribution in [1.82, 2.24) is 14.9 Å². The number of rotatable bonds is 5. The molecule has 0 aliphatic carbocycles. The third-order valence-electron chi connectivity index (χ3n) is 3.69. The van der Waals surface area contributed by atoms with Crippen molar-refractivity contribution in [2.45, 2.75) is 24.2 Å². The molecule has 3 rings (SSSR count). The largest absolute Gasteiger partial charge is 0.497 e. The maximum absolute atomic E-state index is 12.1. The highest BCUT2D eigenvalue weighted by molar-refractivity contribution is 7.99. The minimum atomic E-state index is -0.132. The normalized spacial score (nSPS) is 16.0. The zero-order valence-electron chi connectivity index (χ0n) is 12.7. The Bertz CT molecular complexity index is 758. The number of carbonyl (C=O) groups excluding carboxylic acids is 1. The summed E-state index contributed by atoms with van der Waals surface area (Å²) in [5.41, 5.74) is 0.895. The van der Waals surface area contributed by atoms with Crippen LogP contribution in [-0.4, -0.2) is 28.3 Å². The molecule has 2 heterocycles. The maximum Gasteiger partial charge on any atom is 0.254 e. The molecule has 0 saturated carbocycles. The Balaban J connectivity index is 1.57. The number of amides is 1. The summed E-state index contributed by atoms with van der Waals surface area (Å²) in [6, 6.07) is 8.83. The predicted molar refractivity (Wildman–Crippen MR) is 87.7 cm³/mol. The molecule has 1 aromatic carbocycles. The van der Waals surface area contributed by atoms with E-state index in [0.29, 0.717) is 17.5 Å². The minimum Gasteiger partial charge on any atom is -0.497 e. The van der Waals surface area contributed by atoms with Crippen LogP contribution in [-0.2, 0) is 11.3 Å². The number of nitrogens with zero attached hydrogens (tertiary/aromatic N) is 2. The third-order valence-corrected chi connectivity index (χ3v) is 4.80. The molecular formula is C16H17N3O3S. The molecule has 120 valence electrons. The molecule has 1 aliphatic rings. The van der Waals surface area contributed by atoms with Crippen LogP contribution in [0.15, 0.2) is 46.5 Å². The smallest absolute Gasteiger partial charge is 0.254 e. The highest BCUT2D eigenvalue weighted by Gasteiger charge is 2.26. The standard InChI is InChI=1S/C16H17N3O3S/c1-22-13-4-2-11(3-5-13)9-18-14(20)8-12-10-23-16-17-7-6-15(21)19(12)16/h2-7,12H,8-10H2,1H3,(H,18,20)/t12-/m0/s1. The first-order valence-electron chi connectivity index (χ1n) is 7.27. The van der Waals surface area contributed by atoms with E-state index in [-0.39, 0.29) is 23.9 Å². The first kappa shape index (κ1) is 15.6. The molecule has 1 aromatic heterocycles. The van der Waals surface area contributed by atoms with Gasteiger partial charge in [-0.25, -0.2) is 4.98 Å². The Morgan fingerprint density at radius 2 is 2.17 bits per heavy atom. The van der Waals surface area contributed by atoms with Gasteiger partial charge in [0.15, 0.2) is 5.16 Å². The third kappa shape index (κ3) is 3.56. The van der Waals surface area contributed by atoms with Gasteiger partial charge in [0, 0.05) is 31.0 Å². The van der Waals surface area contributed by atoms with Crippen LogP contribution in [0, 0.1) is 0 Å². The van der Waals surface area contributed by atoms with E-state index in [0.717, 1.165) is 11.3 Å². The van der Waals surface area contributed by atoms with E-state index in [1.54, 1.807) is 11.7 Å². The summed E-state index contributed by atoms with van der Waals surface area (Å²) in [5.74, 6) is 1.41. The van der Waals surface area contributed by atoms with Crippen molar-refractivity contribution in [2.24, 2.45) is 0 Å². The fraction of sp³-hybridized carbons (Fsp3) is 0.312. The summed E-state index contributed by atoms with van der Waals surface area (Å²) in [6.45, 7) is 0.456. The molecule has 2 aromatic rings. The molecule has 0 spiro atoms. The molecular weight excluding hydrogens is 314 g/mol. The number of methoxy groups -OCH3 is 1. The summed E-state index contributed by atoms with van der Waals surface area (Å²) in [7, 11) is 1.62. The quantitative estimate of drug-likeness (QED) is 0.843. The van der Waals surface area contributed by atoms with Gasteiger partial charge in [-0.05, 0) is 17.7 Å². The number of hydrogen-bond donors (Lipinski definition) is 1. The van der Waals surface area contributed by atoms with Crippen LogP contribution in [0.2, 0.25) is 0 Å². The van der Waals surface area contributed by atoms with Crippen molar-refractivity contribution in [3.63, 3.8) is 0 Å². The molecule has 1 N–H and O–H groups in total. The fourth-order valence-electron chi connectivity index (χ4n) is 2.47. The van der Waals surface area contributed by atoms with E-state index in [4.69, 9.17) is 4.74 Å². The molecule has 1 aliphatic heterocycles. The molecule has 0 radical (unpaired) electrons. The van der Waals surface area contributed by atoms with Crippen LogP contribution in [0.1, 0.15) is 18.0 Å². The predicted octanol–water partition coefficient (Wildman–Crippen LogP) is 1.61. The van der Waals surface area contributed by atoms with E-state index in [1.165, 1.54) is 24.0 Å². The average Bonchev–Trinajstić information content (AvgIpc) is 2.98. The highest BCUT2D eigenvalue weighted by atomic mass is 32.2. The second-order valence-corrected chi connectivity index (χ2v) is 6.22. The Morgan fingerprint density at radius 1 is 1.39 bits per heavy atom. The van der Waals surface area contributed by atoms with Gasteiger partial charge < -0.3 is 10.1 Å². The van der Waals surface area contributed by atoms with Gasteiger partial charge in [0.05, 0.1) is 13.2 Å². The molecule has 0 unspecified atom stereocenters. The van der Waals surface area contributed by atoms with Crippen LogP contribution < -0.4 is 15.6 Å². The zero-order valence-corrected chi connectivity index (χ0v) is 13.5. The van der Waals surface area contributed by atoms with Gasteiger partial charge in [0.1, 0.15) is 5.75 Å². The molecule has 23 heavy (non-hydrogen) atoms. The molecule has 0 fully saturated rings. The van der Waals surface area contributed by atoms with Crippen LogP contribution >= 0.6 is 11.8 Å². The molecule has 1 amide bonds. The Hall–Kier alpha value is -2.28. The number of hydrogen-bond acceptors (Lipinski definition) is 5. The van der Waals surface area contributed by atoms with Crippen LogP contribution in [0.4, 0.5) is 0 Å². The SMILES string of the molecule is COc1ccc(CNC(=O)C[C@H]2CSc3nccc(=O)n32)cc1. The number of fused-ring (bicyclic) bond motifs is 1. The van der Waals surface area contributed by atoms with E-state index >= 15 is 0 Å². The molecule has 6 nitrogen and oxygen atoms in total. The zero-order chi connectivity index (χ0) is 16.2. The lowest BCUT2D eigenvalue weighted by molar-refractivity contribution is -0.121. The van der Waals surface area contributed by atoms with E-state index < -0.39 is 0 Å². The lowest BCUT2D eigenvalue weighted by Crippen LogP contribution is -2.30. The van der Waals surface area contributed by atoms with Crippen LogP contribution in [0.5, 0.6) is 5.75 Å². The van der Waals surface area contributed by atoms with E-state index in [2.05, 4.69) is 10.3 Å². The van der Waals surface area contributed by atoms with Crippen molar-refractivity contribution < 1.29 is 9.53 Å². The van der Waals surface area contributed by atoms with Gasteiger partial charge in [-0.2, -0.15) is 0 Å². The number of aromatic nitrogens is 2. The van der Waals surface area contributed by atoms with Crippen molar-refractivity contribution in [3.05, 3.63) is 52.4 Å². The molecule has 0 saturated heterocycles. The Kier molecular flexibility index (Phi) is 4.66. The van der Waals surface area contributed by atoms with Gasteiger partial charge in [-0.3, -0.25) is 14.2 Å². The van der Waals surface area contributed by atoms with Gasteiger partial charge in [0.2, 0.25) is 5.91 Å². The second kappa shape index (κ2) is 6.87. The van der Waals surface area contributed by atoms with Crippen molar-refractivity contribution in [3.8, 4) is 5.75 Å². The van der Waals surface area contributed by atoms with Crippen molar-refractivity contribution in [2.75, 3.05) is 12.9 Å². The molecule has 1 atom stereocenters. The fourth-order valence-corrected chi connectivity index (χ4v) is 3.59. The first-order chi connectivity index (χ1) is 11.2. The monoisotopic (exact) mass is 331 g/mol. The summed E-state index contributed by atoms with van der Waals surface area (Å²) in [4.78, 5) is 28.2. The van der Waals surface area contributed by atoms with Gasteiger partial charge >= 0.3 is 0 Å². The van der Waals surface area contributed by atoms with Gasteiger partial charge in [-0.15, -0.1) is 0 Å². The highest BCUT2D eigenvalue weighted by Crippen LogP contribution is 2.31. The number of carbonyl (C=O) groups is 1. The first-order valence-corrected chi connectivity index (χ1v) is 8.26. The van der Waals surface area contributed by atoms with E-state index in [1.807, 2.05) is 24.3 Å². The average molecular weight is 331 g/mol. The summed E-state index contributed by atoms with van der Waals surface area (Å²) >= 11 is 1.51. The molecule has 7 heteroatoms. The second-order valence-electron chi connectivity index (χ2n) is 5.23.